The topological polar surface area (TPSA) is 23.5 Å². The Bertz CT molecular complexity index is 221. The molecule has 2 nitrogen and oxygen atoms in total. The maximum Gasteiger partial charge on any atom is 0.146 e. The van der Waals surface area contributed by atoms with Crippen LogP contribution in [0.3, 0.4) is 0 Å². The molecule has 0 bridgehead atoms. The van der Waals surface area contributed by atoms with Crippen molar-refractivity contribution in [1.29, 1.82) is 0 Å². The van der Waals surface area contributed by atoms with E-state index >= 15 is 0 Å². The summed E-state index contributed by atoms with van der Waals surface area (Å²) in [4.78, 5) is 1.95. The Morgan fingerprint density at radius 2 is 2.38 bits per heavy atom. The van der Waals surface area contributed by atoms with E-state index in [0.717, 1.165) is 13.0 Å². The quantitative estimate of drug-likeness (QED) is 0.643. The van der Waals surface area contributed by atoms with Crippen molar-refractivity contribution in [3.05, 3.63) is 0 Å². The Morgan fingerprint density at radius 3 is 3.00 bits per heavy atom. The van der Waals surface area contributed by atoms with Crippen LogP contribution in [0.5, 0.6) is 0 Å². The largest absolute Gasteiger partial charge is 0.393 e. The second-order valence-electron chi connectivity index (χ2n) is 3.55. The van der Waals surface area contributed by atoms with Gasteiger partial charge in [0.15, 0.2) is 0 Å². The number of likely N-dealkylation sites (tertiary alicyclic amines) is 1. The van der Waals surface area contributed by atoms with Crippen molar-refractivity contribution >= 4 is 0 Å². The third kappa shape index (κ3) is 2.98. The second kappa shape index (κ2) is 4.59. The van der Waals surface area contributed by atoms with Gasteiger partial charge in [0.2, 0.25) is 0 Å². The van der Waals surface area contributed by atoms with Gasteiger partial charge in [0.25, 0.3) is 0 Å². The minimum atomic E-state index is -1.40. The van der Waals surface area contributed by atoms with E-state index in [1.54, 1.807) is 6.92 Å². The highest BCUT2D eigenvalue weighted by Gasteiger charge is 2.34. The number of hydrogen-bond donors (Lipinski definition) is 1. The van der Waals surface area contributed by atoms with Crippen molar-refractivity contribution in [3.8, 4) is 11.8 Å². The first kappa shape index (κ1) is 10.5. The highest BCUT2D eigenvalue weighted by molar-refractivity contribution is 5.00. The van der Waals surface area contributed by atoms with Gasteiger partial charge in [0, 0.05) is 6.54 Å². The van der Waals surface area contributed by atoms with Crippen LogP contribution in [0, 0.1) is 11.8 Å². The Hall–Kier alpha value is -0.590. The fourth-order valence-electron chi connectivity index (χ4n) is 1.63. The Kier molecular flexibility index (Phi) is 3.71. The van der Waals surface area contributed by atoms with Gasteiger partial charge in [-0.1, -0.05) is 5.92 Å². The van der Waals surface area contributed by atoms with Gasteiger partial charge in [0.05, 0.1) is 13.2 Å². The fraction of sp³-hybridized carbons (Fsp3) is 0.800. The maximum atomic E-state index is 13.6. The summed E-state index contributed by atoms with van der Waals surface area (Å²) in [5, 5.41) is 8.86. The number of alkyl halides is 1. The third-order valence-corrected chi connectivity index (χ3v) is 2.37. The molecule has 1 aliphatic heterocycles. The van der Waals surface area contributed by atoms with Crippen molar-refractivity contribution in [3.63, 3.8) is 0 Å². The maximum absolute atomic E-state index is 13.6. The lowest BCUT2D eigenvalue weighted by Crippen LogP contribution is -2.47. The van der Waals surface area contributed by atoms with Crippen LogP contribution in [0.2, 0.25) is 0 Å². The van der Waals surface area contributed by atoms with Gasteiger partial charge < -0.3 is 5.11 Å². The SMILES string of the molecule is CC#CCN1CCCC(F)(CO)C1. The number of aliphatic hydroxyl groups is 1. The molecule has 1 fully saturated rings. The lowest BCUT2D eigenvalue weighted by Gasteiger charge is -2.35. The van der Waals surface area contributed by atoms with Gasteiger partial charge >= 0.3 is 0 Å². The summed E-state index contributed by atoms with van der Waals surface area (Å²) in [6.07, 6.45) is 1.28. The van der Waals surface area contributed by atoms with E-state index in [0.29, 0.717) is 19.5 Å². The zero-order valence-electron chi connectivity index (χ0n) is 8.02. The zero-order chi connectivity index (χ0) is 9.73. The Labute approximate surface area is 78.7 Å². The molecular formula is C10H16FNO. The molecule has 1 heterocycles. The summed E-state index contributed by atoms with van der Waals surface area (Å²) in [6, 6.07) is 0. The number of nitrogens with zero attached hydrogens (tertiary/aromatic N) is 1. The molecule has 0 aliphatic carbocycles. The third-order valence-electron chi connectivity index (χ3n) is 2.37. The molecule has 0 radical (unpaired) electrons. The predicted molar refractivity (Wildman–Crippen MR) is 50.0 cm³/mol. The van der Waals surface area contributed by atoms with E-state index < -0.39 is 5.67 Å². The van der Waals surface area contributed by atoms with Gasteiger partial charge in [-0.15, -0.1) is 5.92 Å². The van der Waals surface area contributed by atoms with E-state index in [2.05, 4.69) is 11.8 Å². The molecule has 3 heteroatoms. The van der Waals surface area contributed by atoms with Crippen LogP contribution in [-0.4, -0.2) is 41.9 Å². The molecule has 1 unspecified atom stereocenters. The van der Waals surface area contributed by atoms with E-state index in [-0.39, 0.29) is 6.61 Å². The van der Waals surface area contributed by atoms with Gasteiger partial charge in [-0.3, -0.25) is 4.90 Å². The Morgan fingerprint density at radius 1 is 1.62 bits per heavy atom. The van der Waals surface area contributed by atoms with Crippen LogP contribution in [0.25, 0.3) is 0 Å². The molecular weight excluding hydrogens is 169 g/mol. The summed E-state index contributed by atoms with van der Waals surface area (Å²) < 4.78 is 13.6. The van der Waals surface area contributed by atoms with Gasteiger partial charge in [-0.05, 0) is 26.3 Å². The highest BCUT2D eigenvalue weighted by atomic mass is 19.1. The lowest BCUT2D eigenvalue weighted by atomic mass is 9.96. The molecule has 1 saturated heterocycles. The van der Waals surface area contributed by atoms with Gasteiger partial charge in [0.1, 0.15) is 5.67 Å². The van der Waals surface area contributed by atoms with E-state index in [9.17, 15) is 4.39 Å². The number of rotatable bonds is 2. The van der Waals surface area contributed by atoms with E-state index in [1.807, 2.05) is 4.90 Å². The average molecular weight is 185 g/mol. The molecule has 0 spiro atoms. The number of piperidine rings is 1. The molecule has 1 atom stereocenters. The molecule has 1 rings (SSSR count). The summed E-state index contributed by atoms with van der Waals surface area (Å²) in [5.74, 6) is 5.69. The fourth-order valence-corrected chi connectivity index (χ4v) is 1.63. The first-order valence-corrected chi connectivity index (χ1v) is 4.62. The zero-order valence-corrected chi connectivity index (χ0v) is 8.02. The molecule has 1 aliphatic rings. The molecule has 74 valence electrons. The van der Waals surface area contributed by atoms with Crippen LogP contribution in [-0.2, 0) is 0 Å². The van der Waals surface area contributed by atoms with E-state index in [4.69, 9.17) is 5.11 Å². The molecule has 0 saturated carbocycles. The minimum Gasteiger partial charge on any atom is -0.393 e. The molecule has 0 aromatic heterocycles. The smallest absolute Gasteiger partial charge is 0.146 e. The summed E-state index contributed by atoms with van der Waals surface area (Å²) >= 11 is 0. The summed E-state index contributed by atoms with van der Waals surface area (Å²) in [6.45, 7) is 3.22. The normalized spacial score (nSPS) is 29.5. The predicted octanol–water partition coefficient (Wildman–Crippen LogP) is 0.806. The number of halogens is 1. The summed E-state index contributed by atoms with van der Waals surface area (Å²) in [5.41, 5.74) is -1.40. The van der Waals surface area contributed by atoms with Crippen molar-refractivity contribution in [2.75, 3.05) is 26.2 Å². The van der Waals surface area contributed by atoms with Crippen LogP contribution >= 0.6 is 0 Å². The van der Waals surface area contributed by atoms with Crippen molar-refractivity contribution < 1.29 is 9.50 Å². The second-order valence-corrected chi connectivity index (χ2v) is 3.55. The van der Waals surface area contributed by atoms with Crippen molar-refractivity contribution in [1.82, 2.24) is 4.90 Å². The average Bonchev–Trinajstić information content (AvgIpc) is 2.15. The van der Waals surface area contributed by atoms with E-state index in [1.165, 1.54) is 0 Å². The van der Waals surface area contributed by atoms with Crippen LogP contribution in [0.15, 0.2) is 0 Å². The molecule has 1 N–H and O–H groups in total. The molecule has 0 aromatic carbocycles. The lowest BCUT2D eigenvalue weighted by molar-refractivity contribution is 0.00337. The first-order chi connectivity index (χ1) is 6.20. The summed E-state index contributed by atoms with van der Waals surface area (Å²) in [7, 11) is 0. The minimum absolute atomic E-state index is 0.318. The van der Waals surface area contributed by atoms with Crippen LogP contribution < -0.4 is 0 Å². The van der Waals surface area contributed by atoms with Gasteiger partial charge in [-0.2, -0.15) is 0 Å². The molecule has 13 heavy (non-hydrogen) atoms. The molecule has 0 aromatic rings. The standard InChI is InChI=1S/C10H16FNO/c1-2-3-6-12-7-4-5-10(11,8-12)9-13/h13H,4-9H2,1H3. The number of aliphatic hydroxyl groups excluding tert-OH is 1. The first-order valence-electron chi connectivity index (χ1n) is 4.62. The monoisotopic (exact) mass is 185 g/mol. The van der Waals surface area contributed by atoms with Crippen LogP contribution in [0.1, 0.15) is 19.8 Å². The van der Waals surface area contributed by atoms with Crippen LogP contribution in [0.4, 0.5) is 4.39 Å². The van der Waals surface area contributed by atoms with Gasteiger partial charge in [-0.25, -0.2) is 4.39 Å². The van der Waals surface area contributed by atoms with Crippen molar-refractivity contribution in [2.24, 2.45) is 0 Å². The number of hydrogen-bond acceptors (Lipinski definition) is 2. The molecule has 0 amide bonds. The highest BCUT2D eigenvalue weighted by Crippen LogP contribution is 2.24. The van der Waals surface area contributed by atoms with Crippen molar-refractivity contribution in [2.45, 2.75) is 25.4 Å². The Balaban J connectivity index is 2.44.